The Bertz CT molecular complexity index is 152. The van der Waals surface area contributed by atoms with Crippen molar-refractivity contribution in [3.05, 3.63) is 0 Å². The summed E-state index contributed by atoms with van der Waals surface area (Å²) in [5.74, 6) is 1.28. The molecule has 0 aromatic heterocycles. The summed E-state index contributed by atoms with van der Waals surface area (Å²) in [6.45, 7) is 11.3. The van der Waals surface area contributed by atoms with Crippen LogP contribution in [0.1, 0.15) is 53.9 Å². The Kier molecular flexibility index (Phi) is 6.46. The van der Waals surface area contributed by atoms with E-state index in [0.29, 0.717) is 18.4 Å². The number of aliphatic hydroxyl groups is 1. The third kappa shape index (κ3) is 4.98. The van der Waals surface area contributed by atoms with E-state index in [1.165, 1.54) is 0 Å². The predicted octanol–water partition coefficient (Wildman–Crippen LogP) is 2.79. The topological polar surface area (TPSA) is 46.2 Å². The van der Waals surface area contributed by atoms with Gasteiger partial charge in [0.05, 0.1) is 5.60 Å². The van der Waals surface area contributed by atoms with Crippen molar-refractivity contribution < 1.29 is 5.11 Å². The van der Waals surface area contributed by atoms with Crippen molar-refractivity contribution in [3.63, 3.8) is 0 Å². The van der Waals surface area contributed by atoms with E-state index in [1.807, 2.05) is 0 Å². The van der Waals surface area contributed by atoms with Crippen LogP contribution in [-0.4, -0.2) is 17.3 Å². The molecule has 0 amide bonds. The molecule has 0 aromatic carbocycles. The van der Waals surface area contributed by atoms with Gasteiger partial charge in [-0.3, -0.25) is 0 Å². The van der Waals surface area contributed by atoms with Crippen molar-refractivity contribution in [2.75, 3.05) is 6.54 Å². The Morgan fingerprint density at radius 2 is 1.47 bits per heavy atom. The van der Waals surface area contributed by atoms with Gasteiger partial charge in [-0.25, -0.2) is 0 Å². The highest BCUT2D eigenvalue weighted by Gasteiger charge is 2.35. The van der Waals surface area contributed by atoms with E-state index < -0.39 is 5.60 Å². The Morgan fingerprint density at radius 1 is 1.07 bits per heavy atom. The van der Waals surface area contributed by atoms with Gasteiger partial charge in [-0.2, -0.15) is 0 Å². The summed E-state index contributed by atoms with van der Waals surface area (Å²) in [5.41, 5.74) is 5.20. The van der Waals surface area contributed by atoms with Gasteiger partial charge in [0.25, 0.3) is 0 Å². The Hall–Kier alpha value is -0.0800. The molecule has 1 unspecified atom stereocenters. The van der Waals surface area contributed by atoms with E-state index in [1.54, 1.807) is 0 Å². The second kappa shape index (κ2) is 6.49. The van der Waals surface area contributed by atoms with E-state index in [4.69, 9.17) is 5.73 Å². The number of hydrogen-bond donors (Lipinski definition) is 2. The van der Waals surface area contributed by atoms with E-state index in [9.17, 15) is 5.11 Å². The molecule has 3 N–H and O–H groups in total. The van der Waals surface area contributed by atoms with Crippen LogP contribution in [0, 0.1) is 17.8 Å². The molecule has 0 heterocycles. The molecular weight excluding hydrogens is 186 g/mol. The van der Waals surface area contributed by atoms with Crippen molar-refractivity contribution in [2.45, 2.75) is 59.5 Å². The van der Waals surface area contributed by atoms with Crippen molar-refractivity contribution in [1.82, 2.24) is 0 Å². The molecule has 0 aliphatic heterocycles. The highest BCUT2D eigenvalue weighted by atomic mass is 16.3. The lowest BCUT2D eigenvalue weighted by Crippen LogP contribution is -2.43. The molecule has 0 aromatic rings. The lowest BCUT2D eigenvalue weighted by Gasteiger charge is -2.38. The second-order valence-corrected chi connectivity index (χ2v) is 5.64. The highest BCUT2D eigenvalue weighted by Crippen LogP contribution is 2.33. The minimum atomic E-state index is -0.564. The SMILES string of the molecule is CCC(CN)C(O)(CC(C)C)CC(C)C. The molecule has 0 aliphatic rings. The summed E-state index contributed by atoms with van der Waals surface area (Å²) in [6.07, 6.45) is 2.69. The van der Waals surface area contributed by atoms with Crippen molar-refractivity contribution in [2.24, 2.45) is 23.5 Å². The van der Waals surface area contributed by atoms with E-state index in [-0.39, 0.29) is 5.92 Å². The van der Waals surface area contributed by atoms with Gasteiger partial charge in [-0.1, -0.05) is 34.6 Å². The van der Waals surface area contributed by atoms with Gasteiger partial charge >= 0.3 is 0 Å². The third-order valence-electron chi connectivity index (χ3n) is 3.06. The number of rotatable bonds is 7. The minimum absolute atomic E-state index is 0.238. The summed E-state index contributed by atoms with van der Waals surface area (Å²) in [5, 5.41) is 10.7. The Labute approximate surface area is 95.3 Å². The van der Waals surface area contributed by atoms with Crippen molar-refractivity contribution >= 4 is 0 Å². The fraction of sp³-hybridized carbons (Fsp3) is 1.00. The number of nitrogens with two attached hydrogens (primary N) is 1. The summed E-state index contributed by atoms with van der Waals surface area (Å²) in [6, 6.07) is 0. The monoisotopic (exact) mass is 215 g/mol. The van der Waals surface area contributed by atoms with Crippen LogP contribution in [0.3, 0.4) is 0 Å². The zero-order valence-corrected chi connectivity index (χ0v) is 11.1. The fourth-order valence-corrected chi connectivity index (χ4v) is 2.60. The zero-order chi connectivity index (χ0) is 12.1. The zero-order valence-electron chi connectivity index (χ0n) is 11.1. The molecule has 1 atom stereocenters. The summed E-state index contributed by atoms with van der Waals surface area (Å²) >= 11 is 0. The van der Waals surface area contributed by atoms with Crippen molar-refractivity contribution in [3.8, 4) is 0 Å². The molecule has 0 saturated carbocycles. The molecule has 15 heavy (non-hydrogen) atoms. The maximum Gasteiger partial charge on any atom is 0.0692 e. The van der Waals surface area contributed by atoms with Crippen molar-refractivity contribution in [1.29, 1.82) is 0 Å². The van der Waals surface area contributed by atoms with E-state index >= 15 is 0 Å². The average Bonchev–Trinajstić information content (AvgIpc) is 2.01. The lowest BCUT2D eigenvalue weighted by atomic mass is 9.74. The van der Waals surface area contributed by atoms with Crippen LogP contribution in [0.15, 0.2) is 0 Å². The van der Waals surface area contributed by atoms with Gasteiger partial charge in [0.1, 0.15) is 0 Å². The standard InChI is InChI=1S/C13H29NO/c1-6-12(9-14)13(15,7-10(2)3)8-11(4)5/h10-12,15H,6-9,14H2,1-5H3. The second-order valence-electron chi connectivity index (χ2n) is 5.64. The smallest absolute Gasteiger partial charge is 0.0692 e. The van der Waals surface area contributed by atoms with Crippen LogP contribution in [0.5, 0.6) is 0 Å². The van der Waals surface area contributed by atoms with Gasteiger partial charge in [0.15, 0.2) is 0 Å². The molecule has 2 heteroatoms. The lowest BCUT2D eigenvalue weighted by molar-refractivity contribution is -0.0504. The summed E-state index contributed by atoms with van der Waals surface area (Å²) < 4.78 is 0. The molecule has 0 fully saturated rings. The van der Waals surface area contributed by atoms with Gasteiger partial charge < -0.3 is 10.8 Å². The summed E-state index contributed by atoms with van der Waals surface area (Å²) in [7, 11) is 0. The first-order valence-electron chi connectivity index (χ1n) is 6.28. The Balaban J connectivity index is 4.65. The molecular formula is C13H29NO. The van der Waals surface area contributed by atoms with Gasteiger partial charge in [0.2, 0.25) is 0 Å². The predicted molar refractivity (Wildman–Crippen MR) is 66.7 cm³/mol. The molecule has 0 spiro atoms. The largest absolute Gasteiger partial charge is 0.390 e. The quantitative estimate of drug-likeness (QED) is 0.686. The van der Waals surface area contributed by atoms with Gasteiger partial charge in [0, 0.05) is 0 Å². The van der Waals surface area contributed by atoms with E-state index in [0.717, 1.165) is 19.3 Å². The number of hydrogen-bond acceptors (Lipinski definition) is 2. The highest BCUT2D eigenvalue weighted by molar-refractivity contribution is 4.88. The van der Waals surface area contributed by atoms with Crippen LogP contribution >= 0.6 is 0 Å². The molecule has 92 valence electrons. The summed E-state index contributed by atoms with van der Waals surface area (Å²) in [4.78, 5) is 0. The molecule has 0 rings (SSSR count). The fourth-order valence-electron chi connectivity index (χ4n) is 2.60. The van der Waals surface area contributed by atoms with Crippen LogP contribution < -0.4 is 5.73 Å². The first kappa shape index (κ1) is 14.9. The normalized spacial score (nSPS) is 15.0. The maximum atomic E-state index is 10.7. The van der Waals surface area contributed by atoms with Gasteiger partial charge in [-0.05, 0) is 43.6 Å². The molecule has 0 aliphatic carbocycles. The van der Waals surface area contributed by atoms with Crippen LogP contribution in [0.25, 0.3) is 0 Å². The van der Waals surface area contributed by atoms with Crippen LogP contribution in [0.2, 0.25) is 0 Å². The van der Waals surface area contributed by atoms with E-state index in [2.05, 4.69) is 34.6 Å². The first-order valence-corrected chi connectivity index (χ1v) is 6.28. The third-order valence-corrected chi connectivity index (χ3v) is 3.06. The van der Waals surface area contributed by atoms with Crippen LogP contribution in [-0.2, 0) is 0 Å². The minimum Gasteiger partial charge on any atom is -0.390 e. The van der Waals surface area contributed by atoms with Gasteiger partial charge in [-0.15, -0.1) is 0 Å². The Morgan fingerprint density at radius 3 is 1.67 bits per heavy atom. The van der Waals surface area contributed by atoms with Crippen LogP contribution in [0.4, 0.5) is 0 Å². The molecule has 0 bridgehead atoms. The molecule has 0 radical (unpaired) electrons. The maximum absolute atomic E-state index is 10.7. The molecule has 0 saturated heterocycles. The first-order chi connectivity index (χ1) is 6.85. The molecule has 2 nitrogen and oxygen atoms in total. The average molecular weight is 215 g/mol.